The Bertz CT molecular complexity index is 238. The summed E-state index contributed by atoms with van der Waals surface area (Å²) in [5.74, 6) is 0.0970. The lowest BCUT2D eigenvalue weighted by molar-refractivity contribution is -0.150. The van der Waals surface area contributed by atoms with Crippen LogP contribution in [0.25, 0.3) is 0 Å². The number of carbonyl (C=O) groups excluding carboxylic acids is 1. The van der Waals surface area contributed by atoms with E-state index in [0.29, 0.717) is 19.1 Å². The molecule has 17 heavy (non-hydrogen) atoms. The highest BCUT2D eigenvalue weighted by molar-refractivity contribution is 5.73. The molecule has 2 atom stereocenters. The minimum absolute atomic E-state index is 0.138. The van der Waals surface area contributed by atoms with Gasteiger partial charge < -0.3 is 10.5 Å². The van der Waals surface area contributed by atoms with E-state index in [9.17, 15) is 4.79 Å². The van der Waals surface area contributed by atoms with Crippen molar-refractivity contribution in [2.45, 2.75) is 39.7 Å². The van der Waals surface area contributed by atoms with E-state index in [1.165, 1.54) is 12.8 Å². The molecule has 0 radical (unpaired) electrons. The van der Waals surface area contributed by atoms with Crippen LogP contribution in [0.5, 0.6) is 0 Å². The van der Waals surface area contributed by atoms with E-state index < -0.39 is 0 Å². The number of carbonyl (C=O) groups is 1. The maximum absolute atomic E-state index is 11.9. The highest BCUT2D eigenvalue weighted by atomic mass is 16.5. The molecule has 1 aliphatic heterocycles. The summed E-state index contributed by atoms with van der Waals surface area (Å²) < 4.78 is 5.14. The number of esters is 1. The van der Waals surface area contributed by atoms with Crippen molar-refractivity contribution < 1.29 is 9.53 Å². The fraction of sp³-hybridized carbons (Fsp3) is 0.923. The van der Waals surface area contributed by atoms with Crippen LogP contribution in [0, 0.1) is 11.8 Å². The summed E-state index contributed by atoms with van der Waals surface area (Å²) in [6.45, 7) is 9.12. The second-order valence-corrected chi connectivity index (χ2v) is 5.07. The summed E-state index contributed by atoms with van der Waals surface area (Å²) in [5.41, 5.74) is 5.78. The van der Waals surface area contributed by atoms with Gasteiger partial charge in [-0.05, 0) is 38.8 Å². The molecule has 0 unspecified atom stereocenters. The Morgan fingerprint density at radius 1 is 1.35 bits per heavy atom. The quantitative estimate of drug-likeness (QED) is 0.712. The fourth-order valence-electron chi connectivity index (χ4n) is 2.80. The van der Waals surface area contributed by atoms with Gasteiger partial charge in [0.1, 0.15) is 0 Å². The summed E-state index contributed by atoms with van der Waals surface area (Å²) >= 11 is 0. The summed E-state index contributed by atoms with van der Waals surface area (Å²) in [4.78, 5) is 14.3. The van der Waals surface area contributed by atoms with E-state index in [-0.39, 0.29) is 17.9 Å². The first kappa shape index (κ1) is 14.5. The predicted octanol–water partition coefficient (Wildman–Crippen LogP) is 1.24. The topological polar surface area (TPSA) is 55.6 Å². The Balaban J connectivity index is 2.74. The molecule has 0 aromatic heterocycles. The third-order valence-electron chi connectivity index (χ3n) is 3.50. The van der Waals surface area contributed by atoms with Gasteiger partial charge in [0.05, 0.1) is 12.5 Å². The van der Waals surface area contributed by atoms with E-state index in [0.717, 1.165) is 13.1 Å². The first-order valence-corrected chi connectivity index (χ1v) is 6.72. The largest absolute Gasteiger partial charge is 0.466 e. The monoisotopic (exact) mass is 242 g/mol. The van der Waals surface area contributed by atoms with Crippen LogP contribution in [0.15, 0.2) is 0 Å². The van der Waals surface area contributed by atoms with Crippen LogP contribution < -0.4 is 5.73 Å². The highest BCUT2D eigenvalue weighted by Crippen LogP contribution is 2.24. The molecule has 100 valence electrons. The lowest BCUT2D eigenvalue weighted by Crippen LogP contribution is -2.48. The van der Waals surface area contributed by atoms with E-state index in [2.05, 4.69) is 18.7 Å². The van der Waals surface area contributed by atoms with E-state index >= 15 is 0 Å². The Hall–Kier alpha value is -0.610. The van der Waals surface area contributed by atoms with E-state index in [4.69, 9.17) is 10.5 Å². The molecule has 0 aromatic rings. The Kier molecular flexibility index (Phi) is 5.92. The molecular weight excluding hydrogens is 216 g/mol. The first-order valence-electron chi connectivity index (χ1n) is 6.72. The minimum Gasteiger partial charge on any atom is -0.466 e. The molecule has 0 bridgehead atoms. The summed E-state index contributed by atoms with van der Waals surface area (Å²) in [6, 6.07) is 0.224. The van der Waals surface area contributed by atoms with Crippen molar-refractivity contribution in [2.75, 3.05) is 26.2 Å². The molecule has 2 N–H and O–H groups in total. The van der Waals surface area contributed by atoms with Gasteiger partial charge in [-0.25, -0.2) is 0 Å². The smallest absolute Gasteiger partial charge is 0.311 e. The van der Waals surface area contributed by atoms with Gasteiger partial charge in [0, 0.05) is 12.6 Å². The maximum atomic E-state index is 11.9. The van der Waals surface area contributed by atoms with Crippen molar-refractivity contribution in [3.8, 4) is 0 Å². The van der Waals surface area contributed by atoms with Gasteiger partial charge in [0.25, 0.3) is 0 Å². The Morgan fingerprint density at radius 3 is 2.35 bits per heavy atom. The van der Waals surface area contributed by atoms with E-state index in [1.807, 2.05) is 6.92 Å². The summed E-state index contributed by atoms with van der Waals surface area (Å²) in [7, 11) is 0. The van der Waals surface area contributed by atoms with Gasteiger partial charge in [0.15, 0.2) is 0 Å². The molecule has 0 aromatic carbocycles. The van der Waals surface area contributed by atoms with Crippen molar-refractivity contribution in [3.63, 3.8) is 0 Å². The molecule has 1 fully saturated rings. The van der Waals surface area contributed by atoms with Gasteiger partial charge in [0.2, 0.25) is 0 Å². The Labute approximate surface area is 104 Å². The SMILES string of the molecule is CCOC(=O)[C@@H](CN)[C@H](C(C)C)N1CCCC1. The molecule has 4 nitrogen and oxygen atoms in total. The zero-order valence-corrected chi connectivity index (χ0v) is 11.3. The zero-order valence-electron chi connectivity index (χ0n) is 11.3. The average molecular weight is 242 g/mol. The number of rotatable bonds is 6. The second kappa shape index (κ2) is 6.97. The van der Waals surface area contributed by atoms with Gasteiger partial charge >= 0.3 is 5.97 Å². The average Bonchev–Trinajstić information content (AvgIpc) is 2.78. The number of nitrogens with zero attached hydrogens (tertiary/aromatic N) is 1. The summed E-state index contributed by atoms with van der Waals surface area (Å²) in [6.07, 6.45) is 2.45. The standard InChI is InChI=1S/C13H26N2O2/c1-4-17-13(16)11(9-14)12(10(2)3)15-7-5-6-8-15/h10-12H,4-9,14H2,1-3H3/t11-,12-/m0/s1. The number of hydrogen-bond acceptors (Lipinski definition) is 4. The Morgan fingerprint density at radius 2 is 1.94 bits per heavy atom. The molecule has 1 saturated heterocycles. The third-order valence-corrected chi connectivity index (χ3v) is 3.50. The predicted molar refractivity (Wildman–Crippen MR) is 68.6 cm³/mol. The summed E-state index contributed by atoms with van der Waals surface area (Å²) in [5, 5.41) is 0. The zero-order chi connectivity index (χ0) is 12.8. The first-order chi connectivity index (χ1) is 8.11. The molecule has 0 spiro atoms. The number of likely N-dealkylation sites (tertiary alicyclic amines) is 1. The number of ether oxygens (including phenoxy) is 1. The van der Waals surface area contributed by atoms with Crippen LogP contribution in [0.3, 0.4) is 0 Å². The molecule has 0 amide bonds. The van der Waals surface area contributed by atoms with Crippen molar-refractivity contribution in [2.24, 2.45) is 17.6 Å². The van der Waals surface area contributed by atoms with Crippen molar-refractivity contribution in [1.29, 1.82) is 0 Å². The molecule has 4 heteroatoms. The third kappa shape index (κ3) is 3.68. The lowest BCUT2D eigenvalue weighted by atomic mass is 9.89. The van der Waals surface area contributed by atoms with Crippen LogP contribution in [0.1, 0.15) is 33.6 Å². The second-order valence-electron chi connectivity index (χ2n) is 5.07. The van der Waals surface area contributed by atoms with Crippen LogP contribution >= 0.6 is 0 Å². The van der Waals surface area contributed by atoms with Crippen LogP contribution in [-0.4, -0.2) is 43.2 Å². The number of hydrogen-bond donors (Lipinski definition) is 1. The lowest BCUT2D eigenvalue weighted by Gasteiger charge is -2.35. The maximum Gasteiger partial charge on any atom is 0.311 e. The normalized spacial score (nSPS) is 20.5. The van der Waals surface area contributed by atoms with Crippen LogP contribution in [0.4, 0.5) is 0 Å². The van der Waals surface area contributed by atoms with Crippen LogP contribution in [0.2, 0.25) is 0 Å². The molecule has 1 heterocycles. The highest BCUT2D eigenvalue weighted by Gasteiger charge is 2.35. The van der Waals surface area contributed by atoms with Gasteiger partial charge in [-0.15, -0.1) is 0 Å². The van der Waals surface area contributed by atoms with Crippen LogP contribution in [-0.2, 0) is 9.53 Å². The molecule has 0 aliphatic carbocycles. The van der Waals surface area contributed by atoms with Gasteiger partial charge in [-0.1, -0.05) is 13.8 Å². The van der Waals surface area contributed by atoms with Crippen molar-refractivity contribution in [3.05, 3.63) is 0 Å². The van der Waals surface area contributed by atoms with Crippen molar-refractivity contribution >= 4 is 5.97 Å². The van der Waals surface area contributed by atoms with Gasteiger partial charge in [-0.2, -0.15) is 0 Å². The minimum atomic E-state index is -0.187. The van der Waals surface area contributed by atoms with Crippen molar-refractivity contribution in [1.82, 2.24) is 4.90 Å². The molecule has 0 saturated carbocycles. The fourth-order valence-corrected chi connectivity index (χ4v) is 2.80. The molecular formula is C13H26N2O2. The van der Waals surface area contributed by atoms with Gasteiger partial charge in [-0.3, -0.25) is 9.69 Å². The van der Waals surface area contributed by atoms with E-state index in [1.54, 1.807) is 0 Å². The molecule has 1 aliphatic rings. The molecule has 1 rings (SSSR count). The number of nitrogens with two attached hydrogens (primary N) is 1.